The lowest BCUT2D eigenvalue weighted by atomic mass is 10.2. The Labute approximate surface area is 157 Å². The number of nitro groups is 1. The van der Waals surface area contributed by atoms with E-state index in [1.807, 2.05) is 9.80 Å². The van der Waals surface area contributed by atoms with E-state index in [0.717, 1.165) is 12.3 Å². The Balaban J connectivity index is 1.72. The highest BCUT2D eigenvalue weighted by Crippen LogP contribution is 2.33. The minimum absolute atomic E-state index is 0.0493. The summed E-state index contributed by atoms with van der Waals surface area (Å²) in [6.07, 6.45) is -1.81. The molecule has 0 atom stereocenters. The molecule has 27 heavy (non-hydrogen) atoms. The van der Waals surface area contributed by atoms with Gasteiger partial charge in [-0.05, 0) is 18.6 Å². The lowest BCUT2D eigenvalue weighted by Gasteiger charge is -2.24. The molecule has 1 aliphatic heterocycles. The maximum atomic E-state index is 12.8. The van der Waals surface area contributed by atoms with E-state index in [1.54, 1.807) is 6.07 Å². The van der Waals surface area contributed by atoms with Crippen LogP contribution in [0.1, 0.15) is 12.0 Å². The van der Waals surface area contributed by atoms with Gasteiger partial charge in [-0.25, -0.2) is 9.97 Å². The summed E-state index contributed by atoms with van der Waals surface area (Å²) in [7, 11) is 0. The molecule has 0 aliphatic carbocycles. The van der Waals surface area contributed by atoms with Crippen molar-refractivity contribution in [2.75, 3.05) is 36.0 Å². The van der Waals surface area contributed by atoms with E-state index in [9.17, 15) is 23.3 Å². The number of rotatable bonds is 3. The van der Waals surface area contributed by atoms with Gasteiger partial charge in [-0.3, -0.25) is 10.1 Å². The van der Waals surface area contributed by atoms with Crippen molar-refractivity contribution in [1.29, 1.82) is 0 Å². The number of alkyl halides is 3. The van der Waals surface area contributed by atoms with Crippen LogP contribution in [0.4, 0.5) is 30.5 Å². The molecule has 2 aromatic rings. The molecular weight excluding hydrogens is 387 g/mol. The Kier molecular flexibility index (Phi) is 5.36. The van der Waals surface area contributed by atoms with Gasteiger partial charge in [-0.2, -0.15) is 13.2 Å². The predicted molar refractivity (Wildman–Crippen MR) is 94.2 cm³/mol. The van der Waals surface area contributed by atoms with Crippen molar-refractivity contribution in [3.63, 3.8) is 0 Å². The average molecular weight is 402 g/mol. The molecule has 0 radical (unpaired) electrons. The molecule has 0 aromatic carbocycles. The molecule has 0 N–H and O–H groups in total. The van der Waals surface area contributed by atoms with Crippen molar-refractivity contribution >= 4 is 28.9 Å². The second-order valence-corrected chi connectivity index (χ2v) is 6.39. The van der Waals surface area contributed by atoms with Crippen molar-refractivity contribution in [1.82, 2.24) is 9.97 Å². The van der Waals surface area contributed by atoms with Crippen LogP contribution in [0.25, 0.3) is 0 Å². The van der Waals surface area contributed by atoms with Crippen LogP contribution in [0.15, 0.2) is 30.6 Å². The van der Waals surface area contributed by atoms with Crippen LogP contribution < -0.4 is 9.80 Å². The number of halogens is 4. The zero-order valence-electron chi connectivity index (χ0n) is 14.0. The highest BCUT2D eigenvalue weighted by atomic mass is 35.5. The van der Waals surface area contributed by atoms with Crippen molar-refractivity contribution in [2.24, 2.45) is 0 Å². The Bertz CT molecular complexity index is 832. The molecule has 2 aromatic heterocycles. The minimum atomic E-state index is -4.49. The number of pyridine rings is 2. The standard InChI is InChI=1S/C16H15ClF3N5O2/c17-13-8-11(16(18,19)20)9-22-15(13)24-5-1-4-23(6-7-24)14-3-2-12(10-21-14)25(26)27/h2-3,8-10H,1,4-7H2. The summed E-state index contributed by atoms with van der Waals surface area (Å²) in [5, 5.41) is 10.7. The van der Waals surface area contributed by atoms with Crippen LogP contribution in [0.2, 0.25) is 5.02 Å². The molecule has 1 saturated heterocycles. The van der Waals surface area contributed by atoms with E-state index in [2.05, 4.69) is 9.97 Å². The highest BCUT2D eigenvalue weighted by molar-refractivity contribution is 6.33. The molecule has 0 spiro atoms. The molecule has 1 aliphatic rings. The molecule has 144 valence electrons. The minimum Gasteiger partial charge on any atom is -0.355 e. The summed E-state index contributed by atoms with van der Waals surface area (Å²) in [4.78, 5) is 22.0. The second kappa shape index (κ2) is 7.55. The van der Waals surface area contributed by atoms with Crippen LogP contribution in [0.5, 0.6) is 0 Å². The third kappa shape index (κ3) is 4.38. The number of anilines is 2. The zero-order valence-corrected chi connectivity index (χ0v) is 14.7. The number of nitrogens with zero attached hydrogens (tertiary/aromatic N) is 5. The van der Waals surface area contributed by atoms with Crippen molar-refractivity contribution in [3.05, 3.63) is 51.3 Å². The summed E-state index contributed by atoms with van der Waals surface area (Å²) in [6.45, 7) is 2.24. The maximum Gasteiger partial charge on any atom is 0.417 e. The van der Waals surface area contributed by atoms with Gasteiger partial charge in [0.1, 0.15) is 17.8 Å². The average Bonchev–Trinajstić information content (AvgIpc) is 2.87. The van der Waals surface area contributed by atoms with Crippen molar-refractivity contribution in [2.45, 2.75) is 12.6 Å². The van der Waals surface area contributed by atoms with E-state index in [1.165, 1.54) is 12.3 Å². The first-order valence-corrected chi connectivity index (χ1v) is 8.46. The predicted octanol–water partition coefficient (Wildman–Crippen LogP) is 3.77. The van der Waals surface area contributed by atoms with Gasteiger partial charge in [0.15, 0.2) is 0 Å². The van der Waals surface area contributed by atoms with Gasteiger partial charge in [0.2, 0.25) is 0 Å². The largest absolute Gasteiger partial charge is 0.417 e. The summed E-state index contributed by atoms with van der Waals surface area (Å²) in [5.41, 5.74) is -0.973. The Morgan fingerprint density at radius 2 is 1.78 bits per heavy atom. The lowest BCUT2D eigenvalue weighted by Crippen LogP contribution is -2.31. The highest BCUT2D eigenvalue weighted by Gasteiger charge is 2.32. The smallest absolute Gasteiger partial charge is 0.355 e. The first kappa shape index (κ1) is 19.2. The van der Waals surface area contributed by atoms with Gasteiger partial charge in [0.05, 0.1) is 15.5 Å². The SMILES string of the molecule is O=[N+]([O-])c1ccc(N2CCCN(c3ncc(C(F)(F)F)cc3Cl)CC2)nc1. The summed E-state index contributed by atoms with van der Waals surface area (Å²) < 4.78 is 38.3. The third-order valence-corrected chi connectivity index (χ3v) is 4.49. The number of hydrogen-bond acceptors (Lipinski definition) is 6. The van der Waals surface area contributed by atoms with Crippen LogP contribution in [0, 0.1) is 10.1 Å². The molecule has 0 saturated carbocycles. The Morgan fingerprint density at radius 1 is 1.07 bits per heavy atom. The maximum absolute atomic E-state index is 12.8. The summed E-state index contributed by atoms with van der Waals surface area (Å²) in [6, 6.07) is 3.85. The fourth-order valence-electron chi connectivity index (χ4n) is 2.85. The number of hydrogen-bond donors (Lipinski definition) is 0. The molecular formula is C16H15ClF3N5O2. The third-order valence-electron chi connectivity index (χ3n) is 4.21. The van der Waals surface area contributed by atoms with E-state index >= 15 is 0 Å². The van der Waals surface area contributed by atoms with E-state index < -0.39 is 16.7 Å². The van der Waals surface area contributed by atoms with Gasteiger partial charge in [-0.15, -0.1) is 0 Å². The molecule has 3 heterocycles. The summed E-state index contributed by atoms with van der Waals surface area (Å²) >= 11 is 6.03. The molecule has 3 rings (SSSR count). The van der Waals surface area contributed by atoms with Crippen LogP contribution >= 0.6 is 11.6 Å². The second-order valence-electron chi connectivity index (χ2n) is 5.99. The quantitative estimate of drug-likeness (QED) is 0.575. The van der Waals surface area contributed by atoms with E-state index in [0.29, 0.717) is 44.2 Å². The zero-order chi connectivity index (χ0) is 19.6. The van der Waals surface area contributed by atoms with Gasteiger partial charge in [-0.1, -0.05) is 11.6 Å². The Morgan fingerprint density at radius 3 is 2.37 bits per heavy atom. The van der Waals surface area contributed by atoms with E-state index in [-0.39, 0.29) is 10.7 Å². The first-order chi connectivity index (χ1) is 12.8. The number of aromatic nitrogens is 2. The lowest BCUT2D eigenvalue weighted by molar-refractivity contribution is -0.385. The van der Waals surface area contributed by atoms with E-state index in [4.69, 9.17) is 11.6 Å². The molecule has 7 nitrogen and oxygen atoms in total. The monoisotopic (exact) mass is 401 g/mol. The molecule has 0 bridgehead atoms. The first-order valence-electron chi connectivity index (χ1n) is 8.09. The topological polar surface area (TPSA) is 75.4 Å². The van der Waals surface area contributed by atoms with Crippen molar-refractivity contribution < 1.29 is 18.1 Å². The van der Waals surface area contributed by atoms with Gasteiger partial charge >= 0.3 is 6.18 Å². The van der Waals surface area contributed by atoms with Gasteiger partial charge in [0, 0.05) is 38.4 Å². The van der Waals surface area contributed by atoms with Crippen molar-refractivity contribution in [3.8, 4) is 0 Å². The molecule has 1 fully saturated rings. The summed E-state index contributed by atoms with van der Waals surface area (Å²) in [5.74, 6) is 0.914. The molecule has 0 amide bonds. The fourth-order valence-corrected chi connectivity index (χ4v) is 3.14. The molecule has 11 heteroatoms. The molecule has 0 unspecified atom stereocenters. The Hall–Kier alpha value is -2.62. The van der Waals surface area contributed by atoms with Crippen LogP contribution in [0.3, 0.4) is 0 Å². The van der Waals surface area contributed by atoms with Crippen LogP contribution in [-0.4, -0.2) is 41.1 Å². The fraction of sp³-hybridized carbons (Fsp3) is 0.375. The van der Waals surface area contributed by atoms with Gasteiger partial charge < -0.3 is 9.80 Å². The van der Waals surface area contributed by atoms with Gasteiger partial charge in [0.25, 0.3) is 5.69 Å². The van der Waals surface area contributed by atoms with Crippen LogP contribution in [-0.2, 0) is 6.18 Å². The normalized spacial score (nSPS) is 15.6.